The lowest BCUT2D eigenvalue weighted by molar-refractivity contribution is -0.148. The molecule has 1 aromatic rings. The van der Waals surface area contributed by atoms with E-state index >= 15 is 0 Å². The number of carbonyl (C=O) groups excluding carboxylic acids is 2. The molecule has 124 valence electrons. The van der Waals surface area contributed by atoms with Gasteiger partial charge < -0.3 is 9.84 Å². The Kier molecular flexibility index (Phi) is 4.37. The molecule has 0 spiro atoms. The maximum Gasteiger partial charge on any atom is 0.309 e. The highest BCUT2D eigenvalue weighted by Crippen LogP contribution is 2.45. The molecule has 1 aromatic carbocycles. The van der Waals surface area contributed by atoms with E-state index < -0.39 is 17.7 Å². The molecule has 23 heavy (non-hydrogen) atoms. The SMILES string of the molecule is CCOC(=O)[C@@H]1CCC[C@H]1C(=O)c1cc(C2CC2)c(O)cc1F. The molecule has 0 bridgehead atoms. The molecule has 2 saturated carbocycles. The number of benzene rings is 1. The third kappa shape index (κ3) is 3.09. The van der Waals surface area contributed by atoms with Crippen LogP contribution in [0.25, 0.3) is 0 Å². The second kappa shape index (κ2) is 6.30. The first kappa shape index (κ1) is 16.0. The van der Waals surface area contributed by atoms with E-state index in [1.54, 1.807) is 6.92 Å². The summed E-state index contributed by atoms with van der Waals surface area (Å²) in [5.41, 5.74) is 0.631. The normalized spacial score (nSPS) is 23.7. The van der Waals surface area contributed by atoms with Crippen LogP contribution in [0, 0.1) is 17.7 Å². The first-order valence-electron chi connectivity index (χ1n) is 8.26. The minimum atomic E-state index is -0.716. The third-order valence-corrected chi connectivity index (χ3v) is 4.84. The van der Waals surface area contributed by atoms with Crippen LogP contribution < -0.4 is 0 Å². The van der Waals surface area contributed by atoms with Crippen molar-refractivity contribution in [2.45, 2.75) is 44.9 Å². The number of hydrogen-bond acceptors (Lipinski definition) is 4. The Bertz CT molecular complexity index is 636. The summed E-state index contributed by atoms with van der Waals surface area (Å²) < 4.78 is 19.2. The van der Waals surface area contributed by atoms with Crippen molar-refractivity contribution in [1.29, 1.82) is 0 Å². The summed E-state index contributed by atoms with van der Waals surface area (Å²) in [6.45, 7) is 2.00. The van der Waals surface area contributed by atoms with Gasteiger partial charge in [0.05, 0.1) is 18.1 Å². The van der Waals surface area contributed by atoms with Crippen LogP contribution in [0.5, 0.6) is 5.75 Å². The van der Waals surface area contributed by atoms with Gasteiger partial charge in [-0.15, -0.1) is 0 Å². The molecule has 0 amide bonds. The Labute approximate surface area is 134 Å². The Balaban J connectivity index is 1.87. The Morgan fingerprint density at radius 1 is 1.22 bits per heavy atom. The number of esters is 1. The second-order valence-corrected chi connectivity index (χ2v) is 6.43. The number of rotatable bonds is 5. The van der Waals surface area contributed by atoms with Crippen molar-refractivity contribution in [3.63, 3.8) is 0 Å². The summed E-state index contributed by atoms with van der Waals surface area (Å²) in [7, 11) is 0. The Hall–Kier alpha value is -1.91. The van der Waals surface area contributed by atoms with Crippen LogP contribution in [-0.2, 0) is 9.53 Å². The summed E-state index contributed by atoms with van der Waals surface area (Å²) in [6.07, 6.45) is 3.82. The molecule has 3 rings (SSSR count). The van der Waals surface area contributed by atoms with E-state index in [-0.39, 0.29) is 35.6 Å². The number of aromatic hydroxyl groups is 1. The van der Waals surface area contributed by atoms with Crippen molar-refractivity contribution >= 4 is 11.8 Å². The molecule has 2 aliphatic rings. The zero-order valence-corrected chi connectivity index (χ0v) is 13.2. The molecule has 2 atom stereocenters. The summed E-state index contributed by atoms with van der Waals surface area (Å²) in [4.78, 5) is 24.8. The molecule has 0 radical (unpaired) electrons. The number of ether oxygens (including phenoxy) is 1. The molecule has 0 aromatic heterocycles. The van der Waals surface area contributed by atoms with Crippen molar-refractivity contribution < 1.29 is 23.8 Å². The van der Waals surface area contributed by atoms with Crippen LogP contribution >= 0.6 is 0 Å². The van der Waals surface area contributed by atoms with E-state index in [4.69, 9.17) is 4.74 Å². The molecule has 2 fully saturated rings. The molecule has 4 nitrogen and oxygen atoms in total. The van der Waals surface area contributed by atoms with E-state index in [9.17, 15) is 19.1 Å². The van der Waals surface area contributed by atoms with Crippen molar-refractivity contribution in [2.24, 2.45) is 11.8 Å². The number of carbonyl (C=O) groups is 2. The molecule has 2 aliphatic carbocycles. The van der Waals surface area contributed by atoms with Crippen molar-refractivity contribution in [2.75, 3.05) is 6.61 Å². The molecule has 0 heterocycles. The lowest BCUT2D eigenvalue weighted by atomic mass is 9.87. The third-order valence-electron chi connectivity index (χ3n) is 4.84. The molecule has 1 N–H and O–H groups in total. The van der Waals surface area contributed by atoms with Gasteiger partial charge in [0, 0.05) is 12.0 Å². The van der Waals surface area contributed by atoms with Gasteiger partial charge in [0.15, 0.2) is 5.78 Å². The molecule has 5 heteroatoms. The van der Waals surface area contributed by atoms with E-state index in [2.05, 4.69) is 0 Å². The second-order valence-electron chi connectivity index (χ2n) is 6.43. The predicted molar refractivity (Wildman–Crippen MR) is 81.8 cm³/mol. The molecule has 0 saturated heterocycles. The monoisotopic (exact) mass is 320 g/mol. The summed E-state index contributed by atoms with van der Waals surface area (Å²) in [5, 5.41) is 9.86. The fourth-order valence-electron chi connectivity index (χ4n) is 3.49. The smallest absolute Gasteiger partial charge is 0.309 e. The highest BCUT2D eigenvalue weighted by molar-refractivity contribution is 6.01. The number of phenols is 1. The molecule has 0 unspecified atom stereocenters. The van der Waals surface area contributed by atoms with Gasteiger partial charge in [-0.3, -0.25) is 9.59 Å². The predicted octanol–water partition coefficient (Wildman–Crippen LogP) is 3.57. The lowest BCUT2D eigenvalue weighted by Crippen LogP contribution is -2.28. The zero-order chi connectivity index (χ0) is 16.6. The first-order chi connectivity index (χ1) is 11.0. The van der Waals surface area contributed by atoms with Crippen LogP contribution in [0.2, 0.25) is 0 Å². The molecule has 0 aliphatic heterocycles. The quantitative estimate of drug-likeness (QED) is 0.665. The van der Waals surface area contributed by atoms with Crippen LogP contribution in [0.15, 0.2) is 12.1 Å². The average molecular weight is 320 g/mol. The van der Waals surface area contributed by atoms with Crippen molar-refractivity contribution in [3.8, 4) is 5.75 Å². The van der Waals surface area contributed by atoms with Gasteiger partial charge in [-0.05, 0) is 50.2 Å². The Morgan fingerprint density at radius 3 is 2.57 bits per heavy atom. The van der Waals surface area contributed by atoms with E-state index in [0.717, 1.165) is 25.3 Å². The topological polar surface area (TPSA) is 63.6 Å². The number of Topliss-reactive ketones (excluding diaryl/α,β-unsaturated/α-hetero) is 1. The van der Waals surface area contributed by atoms with Crippen LogP contribution in [0.4, 0.5) is 4.39 Å². The van der Waals surface area contributed by atoms with Gasteiger partial charge in [0.2, 0.25) is 0 Å². The van der Waals surface area contributed by atoms with E-state index in [1.807, 2.05) is 0 Å². The van der Waals surface area contributed by atoms with Gasteiger partial charge in [-0.2, -0.15) is 0 Å². The number of hydrogen-bond donors (Lipinski definition) is 1. The zero-order valence-electron chi connectivity index (χ0n) is 13.2. The van der Waals surface area contributed by atoms with Crippen molar-refractivity contribution in [3.05, 3.63) is 29.1 Å². The van der Waals surface area contributed by atoms with Gasteiger partial charge in [0.1, 0.15) is 11.6 Å². The standard InChI is InChI=1S/C18H21FO4/c1-2-23-18(22)12-5-3-4-11(12)17(21)14-8-13(10-6-7-10)16(20)9-15(14)19/h8-12,20H,2-7H2,1H3/t11-,12-/m1/s1. The lowest BCUT2D eigenvalue weighted by Gasteiger charge is -2.18. The van der Waals surface area contributed by atoms with Gasteiger partial charge in [-0.25, -0.2) is 4.39 Å². The van der Waals surface area contributed by atoms with Crippen LogP contribution in [-0.4, -0.2) is 23.5 Å². The van der Waals surface area contributed by atoms with Gasteiger partial charge in [0.25, 0.3) is 0 Å². The van der Waals surface area contributed by atoms with E-state index in [0.29, 0.717) is 18.4 Å². The first-order valence-corrected chi connectivity index (χ1v) is 8.26. The minimum absolute atomic E-state index is 0.00843. The highest BCUT2D eigenvalue weighted by atomic mass is 19.1. The fourth-order valence-corrected chi connectivity index (χ4v) is 3.49. The van der Waals surface area contributed by atoms with Gasteiger partial charge in [-0.1, -0.05) is 6.42 Å². The number of phenolic OH excluding ortho intramolecular Hbond substituents is 1. The fraction of sp³-hybridized carbons (Fsp3) is 0.556. The summed E-state index contributed by atoms with van der Waals surface area (Å²) in [6, 6.07) is 2.50. The number of ketones is 1. The Morgan fingerprint density at radius 2 is 1.91 bits per heavy atom. The van der Waals surface area contributed by atoms with Gasteiger partial charge >= 0.3 is 5.97 Å². The highest BCUT2D eigenvalue weighted by Gasteiger charge is 2.40. The molecular weight excluding hydrogens is 299 g/mol. The summed E-state index contributed by atoms with van der Waals surface area (Å²) >= 11 is 0. The van der Waals surface area contributed by atoms with E-state index in [1.165, 1.54) is 6.07 Å². The largest absolute Gasteiger partial charge is 0.508 e. The van der Waals surface area contributed by atoms with Crippen LogP contribution in [0.3, 0.4) is 0 Å². The molecular formula is C18H21FO4. The maximum absolute atomic E-state index is 14.2. The van der Waals surface area contributed by atoms with Crippen LogP contribution in [0.1, 0.15) is 60.9 Å². The average Bonchev–Trinajstić information content (AvgIpc) is 3.22. The summed E-state index contributed by atoms with van der Waals surface area (Å²) in [5.74, 6) is -2.32. The number of halogens is 1. The maximum atomic E-state index is 14.2. The minimum Gasteiger partial charge on any atom is -0.508 e. The van der Waals surface area contributed by atoms with Crippen molar-refractivity contribution in [1.82, 2.24) is 0 Å².